The largest absolute Gasteiger partial charge is 0.382 e. The van der Waals surface area contributed by atoms with E-state index in [1.165, 1.54) is 40.3 Å². The number of hydrogen-bond acceptors (Lipinski definition) is 8. The molecule has 0 fully saturated rings. The number of anilines is 2. The second-order valence-electron chi connectivity index (χ2n) is 6.07. The number of aromatic nitrogens is 7. The first kappa shape index (κ1) is 19.0. The minimum Gasteiger partial charge on any atom is -0.382 e. The van der Waals surface area contributed by atoms with Crippen molar-refractivity contribution < 1.29 is 4.79 Å². The van der Waals surface area contributed by atoms with E-state index in [-0.39, 0.29) is 17.2 Å². The summed E-state index contributed by atoms with van der Waals surface area (Å²) in [4.78, 5) is 22.3. The number of carbonyl (C=O) groups is 1. The topological polar surface area (TPSA) is 153 Å². The molecule has 0 saturated carbocycles. The van der Waals surface area contributed by atoms with Gasteiger partial charge in [0, 0.05) is 0 Å². The van der Waals surface area contributed by atoms with Gasteiger partial charge in [0.2, 0.25) is 0 Å². The highest BCUT2D eigenvalue weighted by molar-refractivity contribution is 6.32. The summed E-state index contributed by atoms with van der Waals surface area (Å²) in [5.74, 6) is 0.433. The standard InChI is InChI=1S/C18H13ClN10O/c1-10-13(9-25-28(10)15-3-2-14(19)16(21)27-15)18(30)26-12-6-11(7-20)17(22-8-12)29-23-4-5-24-29/h2-6,8-9H,1H3,(H2,21,27)(H,26,30). The summed E-state index contributed by atoms with van der Waals surface area (Å²) in [5, 5.41) is 24.6. The predicted molar refractivity (Wildman–Crippen MR) is 107 cm³/mol. The monoisotopic (exact) mass is 420 g/mol. The molecule has 12 heteroatoms. The molecule has 0 atom stereocenters. The van der Waals surface area contributed by atoms with Crippen LogP contribution in [0.3, 0.4) is 0 Å². The summed E-state index contributed by atoms with van der Waals surface area (Å²) in [6.45, 7) is 1.72. The van der Waals surface area contributed by atoms with Crippen molar-refractivity contribution in [2.45, 2.75) is 6.92 Å². The van der Waals surface area contributed by atoms with Crippen LogP contribution in [0.2, 0.25) is 5.02 Å². The average Bonchev–Trinajstić information content (AvgIpc) is 3.40. The van der Waals surface area contributed by atoms with E-state index >= 15 is 0 Å². The van der Waals surface area contributed by atoms with Crippen LogP contribution in [0.25, 0.3) is 11.6 Å². The Bertz CT molecular complexity index is 1290. The maximum Gasteiger partial charge on any atom is 0.259 e. The lowest BCUT2D eigenvalue weighted by molar-refractivity contribution is 0.102. The van der Waals surface area contributed by atoms with Crippen molar-refractivity contribution in [1.82, 2.24) is 34.7 Å². The van der Waals surface area contributed by atoms with Crippen LogP contribution in [0.5, 0.6) is 0 Å². The lowest BCUT2D eigenvalue weighted by Gasteiger charge is -2.08. The van der Waals surface area contributed by atoms with Gasteiger partial charge in [-0.25, -0.2) is 14.6 Å². The van der Waals surface area contributed by atoms with Crippen LogP contribution in [0.4, 0.5) is 11.5 Å². The minimum absolute atomic E-state index is 0.164. The Morgan fingerprint density at radius 2 is 2.00 bits per heavy atom. The highest BCUT2D eigenvalue weighted by atomic mass is 35.5. The van der Waals surface area contributed by atoms with Crippen molar-refractivity contribution in [1.29, 1.82) is 5.26 Å². The molecule has 0 aliphatic heterocycles. The van der Waals surface area contributed by atoms with Gasteiger partial charge in [-0.05, 0) is 25.1 Å². The normalized spacial score (nSPS) is 10.6. The molecule has 0 aliphatic carbocycles. The Morgan fingerprint density at radius 1 is 1.23 bits per heavy atom. The fourth-order valence-corrected chi connectivity index (χ4v) is 2.82. The van der Waals surface area contributed by atoms with E-state index in [0.717, 1.165) is 0 Å². The number of nitriles is 1. The zero-order valence-electron chi connectivity index (χ0n) is 15.5. The molecule has 0 unspecified atom stereocenters. The number of amides is 1. The van der Waals surface area contributed by atoms with Gasteiger partial charge >= 0.3 is 0 Å². The van der Waals surface area contributed by atoms with Crippen molar-refractivity contribution >= 4 is 29.0 Å². The highest BCUT2D eigenvalue weighted by Gasteiger charge is 2.18. The first-order valence-electron chi connectivity index (χ1n) is 8.53. The second kappa shape index (κ2) is 7.61. The van der Waals surface area contributed by atoms with E-state index in [2.05, 4.69) is 30.6 Å². The number of nitrogen functional groups attached to an aromatic ring is 1. The number of rotatable bonds is 4. The first-order valence-corrected chi connectivity index (χ1v) is 8.91. The van der Waals surface area contributed by atoms with E-state index in [4.69, 9.17) is 17.3 Å². The van der Waals surface area contributed by atoms with Crippen LogP contribution in [-0.4, -0.2) is 40.6 Å². The molecule has 0 aliphatic rings. The second-order valence-corrected chi connectivity index (χ2v) is 6.48. The molecule has 0 bridgehead atoms. The first-order chi connectivity index (χ1) is 14.5. The fourth-order valence-electron chi connectivity index (χ4n) is 2.72. The van der Waals surface area contributed by atoms with Gasteiger partial charge in [0.1, 0.15) is 17.5 Å². The molecule has 148 valence electrons. The van der Waals surface area contributed by atoms with Gasteiger partial charge in [0.25, 0.3) is 5.91 Å². The number of nitrogens with zero attached hydrogens (tertiary/aromatic N) is 8. The average molecular weight is 421 g/mol. The molecule has 0 saturated heterocycles. The van der Waals surface area contributed by atoms with E-state index in [1.54, 1.807) is 19.1 Å². The molecule has 11 nitrogen and oxygen atoms in total. The zero-order valence-corrected chi connectivity index (χ0v) is 16.2. The van der Waals surface area contributed by atoms with Gasteiger partial charge in [-0.2, -0.15) is 20.6 Å². The number of halogens is 1. The fraction of sp³-hybridized carbons (Fsp3) is 0.0556. The highest BCUT2D eigenvalue weighted by Crippen LogP contribution is 2.21. The summed E-state index contributed by atoms with van der Waals surface area (Å²) in [6, 6.07) is 6.76. The number of hydrogen-bond donors (Lipinski definition) is 2. The van der Waals surface area contributed by atoms with Crippen molar-refractivity contribution in [2.75, 3.05) is 11.1 Å². The molecule has 4 aromatic rings. The van der Waals surface area contributed by atoms with Crippen LogP contribution in [0, 0.1) is 18.3 Å². The van der Waals surface area contributed by atoms with Crippen LogP contribution < -0.4 is 11.1 Å². The third-order valence-corrected chi connectivity index (χ3v) is 4.50. The lowest BCUT2D eigenvalue weighted by Crippen LogP contribution is -2.14. The molecule has 4 aromatic heterocycles. The number of carbonyl (C=O) groups excluding carboxylic acids is 1. The summed E-state index contributed by atoms with van der Waals surface area (Å²) >= 11 is 5.90. The molecular formula is C18H13ClN10O. The predicted octanol–water partition coefficient (Wildman–Crippen LogP) is 1.91. The van der Waals surface area contributed by atoms with E-state index in [1.807, 2.05) is 6.07 Å². The maximum atomic E-state index is 12.7. The molecular weight excluding hydrogens is 408 g/mol. The number of nitrogens with one attached hydrogen (secondary N) is 1. The van der Waals surface area contributed by atoms with Crippen molar-refractivity contribution in [3.05, 3.63) is 64.8 Å². The van der Waals surface area contributed by atoms with Crippen LogP contribution in [0.15, 0.2) is 43.0 Å². The summed E-state index contributed by atoms with van der Waals surface area (Å²) in [7, 11) is 0. The van der Waals surface area contributed by atoms with Crippen molar-refractivity contribution in [3.8, 4) is 17.7 Å². The third-order valence-electron chi connectivity index (χ3n) is 4.18. The van der Waals surface area contributed by atoms with Crippen molar-refractivity contribution in [2.24, 2.45) is 0 Å². The van der Waals surface area contributed by atoms with E-state index in [0.29, 0.717) is 27.8 Å². The van der Waals surface area contributed by atoms with Gasteiger partial charge in [0.15, 0.2) is 11.6 Å². The smallest absolute Gasteiger partial charge is 0.259 e. The van der Waals surface area contributed by atoms with Gasteiger partial charge in [-0.1, -0.05) is 11.6 Å². The van der Waals surface area contributed by atoms with Crippen molar-refractivity contribution in [3.63, 3.8) is 0 Å². The molecule has 0 aromatic carbocycles. The molecule has 0 spiro atoms. The SMILES string of the molecule is Cc1c(C(=O)Nc2cnc(-n3nccn3)c(C#N)c2)cnn1-c1ccc(Cl)c(N)n1. The maximum absolute atomic E-state index is 12.7. The Hall–Kier alpha value is -4.30. The molecule has 30 heavy (non-hydrogen) atoms. The Balaban J connectivity index is 1.60. The quantitative estimate of drug-likeness (QED) is 0.507. The van der Waals surface area contributed by atoms with Crippen LogP contribution in [-0.2, 0) is 0 Å². The Kier molecular flexibility index (Phi) is 4.83. The van der Waals surface area contributed by atoms with Gasteiger partial charge in [-0.15, -0.1) is 4.80 Å². The Morgan fingerprint density at radius 3 is 2.70 bits per heavy atom. The van der Waals surface area contributed by atoms with E-state index in [9.17, 15) is 10.1 Å². The lowest BCUT2D eigenvalue weighted by atomic mass is 10.2. The zero-order chi connectivity index (χ0) is 21.3. The summed E-state index contributed by atoms with van der Waals surface area (Å²) in [5.41, 5.74) is 7.16. The van der Waals surface area contributed by atoms with Gasteiger partial charge < -0.3 is 11.1 Å². The summed E-state index contributed by atoms with van der Waals surface area (Å²) in [6.07, 6.45) is 5.78. The number of nitrogens with two attached hydrogens (primary N) is 1. The molecule has 1 amide bonds. The molecule has 4 rings (SSSR count). The third kappa shape index (κ3) is 3.43. The molecule has 4 heterocycles. The Labute approximate surface area is 174 Å². The number of pyridine rings is 2. The van der Waals surface area contributed by atoms with Gasteiger partial charge in [-0.3, -0.25) is 4.79 Å². The van der Waals surface area contributed by atoms with Crippen LogP contribution >= 0.6 is 11.6 Å². The van der Waals surface area contributed by atoms with Gasteiger partial charge in [0.05, 0.1) is 46.8 Å². The molecule has 3 N–H and O–H groups in total. The van der Waals surface area contributed by atoms with Crippen LogP contribution in [0.1, 0.15) is 21.6 Å². The summed E-state index contributed by atoms with van der Waals surface area (Å²) < 4.78 is 1.48. The minimum atomic E-state index is -0.420. The molecule has 0 radical (unpaired) electrons. The van der Waals surface area contributed by atoms with E-state index < -0.39 is 5.91 Å².